The van der Waals surface area contributed by atoms with Crippen molar-refractivity contribution in [2.24, 2.45) is 0 Å². The second kappa shape index (κ2) is 9.06. The molecule has 0 saturated carbocycles. The maximum atomic E-state index is 12.3. The zero-order valence-electron chi connectivity index (χ0n) is 15.2. The minimum atomic E-state index is -0.110. The molecule has 3 aromatic rings. The first-order valence-electron chi connectivity index (χ1n) is 8.64. The first-order valence-corrected chi connectivity index (χ1v) is 10.0. The number of carbonyl (C=O) groups excluding carboxylic acids is 1. The van der Waals surface area contributed by atoms with Crippen LogP contribution in [-0.4, -0.2) is 26.4 Å². The normalized spacial score (nSPS) is 12.0. The summed E-state index contributed by atoms with van der Waals surface area (Å²) in [6.45, 7) is 4.54. The lowest BCUT2D eigenvalue weighted by Gasteiger charge is -2.14. The summed E-state index contributed by atoms with van der Waals surface area (Å²) >= 11 is 7.40. The highest BCUT2D eigenvalue weighted by molar-refractivity contribution is 7.99. The summed E-state index contributed by atoms with van der Waals surface area (Å²) in [5.41, 5.74) is 2.14. The maximum absolute atomic E-state index is 12.3. The minimum Gasteiger partial charge on any atom is -0.349 e. The number of rotatable bonds is 7. The van der Waals surface area contributed by atoms with Crippen LogP contribution in [0.3, 0.4) is 0 Å². The molecule has 1 aromatic heterocycles. The topological polar surface area (TPSA) is 59.8 Å². The van der Waals surface area contributed by atoms with E-state index in [9.17, 15) is 4.79 Å². The van der Waals surface area contributed by atoms with Gasteiger partial charge in [0.15, 0.2) is 5.16 Å². The Hall–Kier alpha value is -2.31. The van der Waals surface area contributed by atoms with Crippen LogP contribution in [0.2, 0.25) is 5.02 Å². The molecule has 2 aromatic carbocycles. The summed E-state index contributed by atoms with van der Waals surface area (Å²) in [7, 11) is 0. The Kier molecular flexibility index (Phi) is 6.53. The van der Waals surface area contributed by atoms with Gasteiger partial charge in [0.05, 0.1) is 18.3 Å². The Labute approximate surface area is 168 Å². The highest BCUT2D eigenvalue weighted by Crippen LogP contribution is 2.20. The number of benzene rings is 2. The molecule has 0 aliphatic rings. The molecule has 0 saturated heterocycles. The number of hydrogen-bond donors (Lipinski definition) is 1. The predicted molar refractivity (Wildman–Crippen MR) is 109 cm³/mol. The maximum Gasteiger partial charge on any atom is 0.230 e. The molecule has 7 heteroatoms. The molecule has 1 heterocycles. The molecule has 0 bridgehead atoms. The van der Waals surface area contributed by atoms with E-state index in [1.807, 2.05) is 60.9 Å². The van der Waals surface area contributed by atoms with Gasteiger partial charge in [0, 0.05) is 5.02 Å². The number of hydrogen-bond acceptors (Lipinski definition) is 4. The first-order chi connectivity index (χ1) is 13.0. The molecule has 0 radical (unpaired) electrons. The number of halogens is 1. The molecule has 0 aliphatic heterocycles. The Bertz CT molecular complexity index is 913. The van der Waals surface area contributed by atoms with E-state index >= 15 is 0 Å². The van der Waals surface area contributed by atoms with Crippen molar-refractivity contribution < 1.29 is 4.79 Å². The summed E-state index contributed by atoms with van der Waals surface area (Å²) in [4.78, 5) is 12.3. The lowest BCUT2D eigenvalue weighted by atomic mass is 10.1. The van der Waals surface area contributed by atoms with Crippen molar-refractivity contribution >= 4 is 29.3 Å². The second-order valence-electron chi connectivity index (χ2n) is 6.23. The van der Waals surface area contributed by atoms with Gasteiger partial charge in [-0.25, -0.2) is 0 Å². The first kappa shape index (κ1) is 19.5. The molecular formula is C20H21ClN4OS. The summed E-state index contributed by atoms with van der Waals surface area (Å²) in [6, 6.07) is 17.5. The molecule has 0 fully saturated rings. The van der Waals surface area contributed by atoms with Crippen molar-refractivity contribution in [1.82, 2.24) is 20.1 Å². The van der Waals surface area contributed by atoms with E-state index in [-0.39, 0.29) is 17.7 Å². The molecule has 5 nitrogen and oxygen atoms in total. The van der Waals surface area contributed by atoms with Crippen LogP contribution in [0.5, 0.6) is 0 Å². The third kappa shape index (κ3) is 5.34. The Morgan fingerprint density at radius 2 is 1.96 bits per heavy atom. The highest BCUT2D eigenvalue weighted by Gasteiger charge is 2.14. The number of nitrogens with zero attached hydrogens (tertiary/aromatic N) is 3. The molecule has 1 unspecified atom stereocenters. The van der Waals surface area contributed by atoms with Crippen LogP contribution in [0.1, 0.15) is 29.9 Å². The van der Waals surface area contributed by atoms with Gasteiger partial charge in [0.2, 0.25) is 5.91 Å². The standard InChI is InChI=1S/C20H21ClN4OS/c1-14(17-9-6-10-18(21)11-17)22-19(26)13-27-20-24-23-15(2)25(20)12-16-7-4-3-5-8-16/h3-11,14H,12-13H2,1-2H3,(H,22,26). The van der Waals surface area contributed by atoms with Crippen molar-refractivity contribution in [3.63, 3.8) is 0 Å². The largest absolute Gasteiger partial charge is 0.349 e. The molecule has 1 amide bonds. The van der Waals surface area contributed by atoms with E-state index in [1.165, 1.54) is 17.3 Å². The van der Waals surface area contributed by atoms with Gasteiger partial charge in [0.1, 0.15) is 5.82 Å². The molecule has 1 N–H and O–H groups in total. The average molecular weight is 401 g/mol. The van der Waals surface area contributed by atoms with Crippen LogP contribution < -0.4 is 5.32 Å². The number of carbonyl (C=O) groups is 1. The molecule has 1 atom stereocenters. The molecular weight excluding hydrogens is 380 g/mol. The fraction of sp³-hybridized carbons (Fsp3) is 0.250. The summed E-state index contributed by atoms with van der Waals surface area (Å²) < 4.78 is 2.02. The smallest absolute Gasteiger partial charge is 0.230 e. The van der Waals surface area contributed by atoms with Crippen LogP contribution in [0.25, 0.3) is 0 Å². The average Bonchev–Trinajstić information content (AvgIpc) is 3.00. The van der Waals surface area contributed by atoms with Crippen molar-refractivity contribution in [2.75, 3.05) is 5.75 Å². The van der Waals surface area contributed by atoms with Crippen molar-refractivity contribution in [1.29, 1.82) is 0 Å². The van der Waals surface area contributed by atoms with Crippen LogP contribution in [0, 0.1) is 6.92 Å². The van der Waals surface area contributed by atoms with E-state index < -0.39 is 0 Å². The highest BCUT2D eigenvalue weighted by atomic mass is 35.5. The fourth-order valence-electron chi connectivity index (χ4n) is 2.69. The van der Waals surface area contributed by atoms with Crippen molar-refractivity contribution in [3.05, 3.63) is 76.6 Å². The monoisotopic (exact) mass is 400 g/mol. The molecule has 3 rings (SSSR count). The van der Waals surface area contributed by atoms with E-state index in [0.29, 0.717) is 11.6 Å². The summed E-state index contributed by atoms with van der Waals surface area (Å²) in [5.74, 6) is 1.05. The lowest BCUT2D eigenvalue weighted by molar-refractivity contribution is -0.119. The number of nitrogens with one attached hydrogen (secondary N) is 1. The van der Waals surface area contributed by atoms with Gasteiger partial charge in [-0.3, -0.25) is 4.79 Å². The molecule has 0 aliphatic carbocycles. The van der Waals surface area contributed by atoms with E-state index in [0.717, 1.165) is 16.5 Å². The number of aromatic nitrogens is 3. The van der Waals surface area contributed by atoms with Crippen molar-refractivity contribution in [3.8, 4) is 0 Å². The van der Waals surface area contributed by atoms with Gasteiger partial charge < -0.3 is 9.88 Å². The number of aryl methyl sites for hydroxylation is 1. The van der Waals surface area contributed by atoms with Gasteiger partial charge in [-0.2, -0.15) is 0 Å². The van der Waals surface area contributed by atoms with Crippen LogP contribution in [0.15, 0.2) is 59.8 Å². The second-order valence-corrected chi connectivity index (χ2v) is 7.61. The third-order valence-electron chi connectivity index (χ3n) is 4.14. The SMILES string of the molecule is Cc1nnc(SCC(=O)NC(C)c2cccc(Cl)c2)n1Cc1ccccc1. The van der Waals surface area contributed by atoms with E-state index in [4.69, 9.17) is 11.6 Å². The quantitative estimate of drug-likeness (QED) is 0.602. The van der Waals surface area contributed by atoms with E-state index in [1.54, 1.807) is 0 Å². The van der Waals surface area contributed by atoms with Gasteiger partial charge in [0.25, 0.3) is 0 Å². The third-order valence-corrected chi connectivity index (χ3v) is 5.35. The zero-order valence-corrected chi connectivity index (χ0v) is 16.8. The summed E-state index contributed by atoms with van der Waals surface area (Å²) in [6.07, 6.45) is 0. The Morgan fingerprint density at radius 3 is 2.70 bits per heavy atom. The zero-order chi connectivity index (χ0) is 19.2. The minimum absolute atomic E-state index is 0.0561. The molecule has 140 valence electrons. The van der Waals surface area contributed by atoms with Gasteiger partial charge >= 0.3 is 0 Å². The summed E-state index contributed by atoms with van der Waals surface area (Å²) in [5, 5.41) is 12.8. The Balaban J connectivity index is 1.59. The number of thioether (sulfide) groups is 1. The van der Waals surface area contributed by atoms with Gasteiger partial charge in [-0.1, -0.05) is 65.8 Å². The van der Waals surface area contributed by atoms with Crippen LogP contribution in [0.4, 0.5) is 0 Å². The molecule has 27 heavy (non-hydrogen) atoms. The van der Waals surface area contributed by atoms with Gasteiger partial charge in [-0.15, -0.1) is 10.2 Å². The van der Waals surface area contributed by atoms with Gasteiger partial charge in [-0.05, 0) is 37.1 Å². The Morgan fingerprint density at radius 1 is 1.19 bits per heavy atom. The predicted octanol–water partition coefficient (Wildman–Crippen LogP) is 4.26. The fourth-order valence-corrected chi connectivity index (χ4v) is 3.68. The van der Waals surface area contributed by atoms with Crippen LogP contribution >= 0.6 is 23.4 Å². The van der Waals surface area contributed by atoms with Crippen molar-refractivity contribution in [2.45, 2.75) is 31.6 Å². The van der Waals surface area contributed by atoms with E-state index in [2.05, 4.69) is 27.6 Å². The van der Waals surface area contributed by atoms with Crippen LogP contribution in [-0.2, 0) is 11.3 Å². The molecule has 0 spiro atoms. The number of amides is 1. The lowest BCUT2D eigenvalue weighted by Crippen LogP contribution is -2.28.